The SMILES string of the molecule is Cc1cc(C(=O)COC(=O)c2ccccc2OCC(N)=O)c(C)n1CCC(C)C. The van der Waals surface area contributed by atoms with Crippen molar-refractivity contribution in [2.24, 2.45) is 11.7 Å². The van der Waals surface area contributed by atoms with E-state index < -0.39 is 11.9 Å². The third kappa shape index (κ3) is 5.94. The predicted octanol–water partition coefficient (Wildman–Crippen LogP) is 3.05. The summed E-state index contributed by atoms with van der Waals surface area (Å²) in [7, 11) is 0. The molecule has 156 valence electrons. The number of hydrogen-bond donors (Lipinski definition) is 1. The van der Waals surface area contributed by atoms with Gasteiger partial charge in [0.15, 0.2) is 13.2 Å². The van der Waals surface area contributed by atoms with E-state index in [1.165, 1.54) is 12.1 Å². The number of primary amides is 1. The third-order valence-electron chi connectivity index (χ3n) is 4.62. The van der Waals surface area contributed by atoms with Crippen molar-refractivity contribution in [2.45, 2.75) is 40.7 Å². The van der Waals surface area contributed by atoms with Gasteiger partial charge in [0.25, 0.3) is 5.91 Å². The second-order valence-corrected chi connectivity index (χ2v) is 7.37. The van der Waals surface area contributed by atoms with E-state index in [1.54, 1.807) is 12.1 Å². The normalized spacial score (nSPS) is 10.8. The van der Waals surface area contributed by atoms with Gasteiger partial charge in [-0.15, -0.1) is 0 Å². The number of aromatic nitrogens is 1. The number of nitrogens with zero attached hydrogens (tertiary/aromatic N) is 1. The molecule has 0 saturated heterocycles. The van der Waals surface area contributed by atoms with Crippen molar-refractivity contribution in [3.8, 4) is 5.75 Å². The first-order valence-electron chi connectivity index (χ1n) is 9.57. The van der Waals surface area contributed by atoms with E-state index in [1.807, 2.05) is 19.9 Å². The third-order valence-corrected chi connectivity index (χ3v) is 4.62. The predicted molar refractivity (Wildman–Crippen MR) is 109 cm³/mol. The molecule has 1 aromatic carbocycles. The molecule has 1 aromatic heterocycles. The number of para-hydroxylation sites is 1. The number of ketones is 1. The molecule has 2 N–H and O–H groups in total. The molecular weight excluding hydrogens is 372 g/mol. The van der Waals surface area contributed by atoms with Crippen LogP contribution in [0.2, 0.25) is 0 Å². The highest BCUT2D eigenvalue weighted by Gasteiger charge is 2.19. The second kappa shape index (κ2) is 9.91. The Morgan fingerprint density at radius 3 is 2.41 bits per heavy atom. The fraction of sp³-hybridized carbons (Fsp3) is 0.409. The Bertz CT molecular complexity index is 899. The molecule has 0 aliphatic carbocycles. The molecule has 7 nitrogen and oxygen atoms in total. The van der Waals surface area contributed by atoms with E-state index in [9.17, 15) is 14.4 Å². The van der Waals surface area contributed by atoms with Crippen LogP contribution < -0.4 is 10.5 Å². The molecular formula is C22H28N2O5. The smallest absolute Gasteiger partial charge is 0.342 e. The molecule has 1 amide bonds. The fourth-order valence-corrected chi connectivity index (χ4v) is 3.01. The number of ether oxygens (including phenoxy) is 2. The quantitative estimate of drug-likeness (QED) is 0.488. The minimum atomic E-state index is -0.702. The topological polar surface area (TPSA) is 101 Å². The monoisotopic (exact) mass is 400 g/mol. The van der Waals surface area contributed by atoms with Crippen molar-refractivity contribution < 1.29 is 23.9 Å². The number of aryl methyl sites for hydroxylation is 1. The van der Waals surface area contributed by atoms with E-state index in [0.717, 1.165) is 24.4 Å². The zero-order chi connectivity index (χ0) is 21.6. The van der Waals surface area contributed by atoms with E-state index in [2.05, 4.69) is 18.4 Å². The molecule has 0 aliphatic heterocycles. The molecule has 2 rings (SSSR count). The van der Waals surface area contributed by atoms with Crippen LogP contribution in [-0.4, -0.2) is 35.4 Å². The maximum Gasteiger partial charge on any atom is 0.342 e. The lowest BCUT2D eigenvalue weighted by atomic mass is 10.1. The molecule has 0 aliphatic rings. The van der Waals surface area contributed by atoms with Crippen LogP contribution in [0, 0.1) is 19.8 Å². The summed E-state index contributed by atoms with van der Waals surface area (Å²) in [5.41, 5.74) is 7.62. The highest BCUT2D eigenvalue weighted by Crippen LogP contribution is 2.20. The summed E-state index contributed by atoms with van der Waals surface area (Å²) in [6.45, 7) is 8.28. The molecule has 0 atom stereocenters. The lowest BCUT2D eigenvalue weighted by Crippen LogP contribution is -2.21. The van der Waals surface area contributed by atoms with Crippen LogP contribution in [0.4, 0.5) is 0 Å². The van der Waals surface area contributed by atoms with Crippen LogP contribution >= 0.6 is 0 Å². The molecule has 0 spiro atoms. The number of nitrogens with two attached hydrogens (primary N) is 1. The molecule has 0 bridgehead atoms. The van der Waals surface area contributed by atoms with Crippen LogP contribution in [0.15, 0.2) is 30.3 Å². The summed E-state index contributed by atoms with van der Waals surface area (Å²) in [6, 6.07) is 8.16. The largest absolute Gasteiger partial charge is 0.483 e. The van der Waals surface area contributed by atoms with Gasteiger partial charge in [0.2, 0.25) is 5.78 Å². The lowest BCUT2D eigenvalue weighted by molar-refractivity contribution is -0.119. The maximum atomic E-state index is 12.6. The summed E-state index contributed by atoms with van der Waals surface area (Å²) >= 11 is 0. The second-order valence-electron chi connectivity index (χ2n) is 7.37. The van der Waals surface area contributed by atoms with Crippen molar-refractivity contribution in [1.29, 1.82) is 0 Å². The number of hydrogen-bond acceptors (Lipinski definition) is 5. The fourth-order valence-electron chi connectivity index (χ4n) is 3.01. The molecule has 0 saturated carbocycles. The van der Waals surface area contributed by atoms with Gasteiger partial charge in [-0.05, 0) is 44.4 Å². The summed E-state index contributed by atoms with van der Waals surface area (Å²) in [5.74, 6) is -0.884. The number of esters is 1. The number of carbonyl (C=O) groups is 3. The van der Waals surface area contributed by atoms with Crippen molar-refractivity contribution in [3.63, 3.8) is 0 Å². The molecule has 0 fully saturated rings. The highest BCUT2D eigenvalue weighted by molar-refractivity contribution is 6.01. The van der Waals surface area contributed by atoms with Gasteiger partial charge in [0, 0.05) is 23.5 Å². The maximum absolute atomic E-state index is 12.6. The summed E-state index contributed by atoms with van der Waals surface area (Å²) in [5, 5.41) is 0. The van der Waals surface area contributed by atoms with Crippen LogP contribution in [-0.2, 0) is 16.1 Å². The first kappa shape index (κ1) is 22.2. The summed E-state index contributed by atoms with van der Waals surface area (Å²) in [4.78, 5) is 35.9. The zero-order valence-corrected chi connectivity index (χ0v) is 17.4. The Labute approximate surface area is 170 Å². The van der Waals surface area contributed by atoms with Gasteiger partial charge in [-0.2, -0.15) is 0 Å². The van der Waals surface area contributed by atoms with Gasteiger partial charge in [-0.25, -0.2) is 4.79 Å². The van der Waals surface area contributed by atoms with Crippen molar-refractivity contribution in [1.82, 2.24) is 4.57 Å². The minimum absolute atomic E-state index is 0.129. The van der Waals surface area contributed by atoms with E-state index in [-0.39, 0.29) is 30.3 Å². The summed E-state index contributed by atoms with van der Waals surface area (Å²) in [6.07, 6.45) is 1.01. The van der Waals surface area contributed by atoms with E-state index in [4.69, 9.17) is 15.2 Å². The molecule has 2 aromatic rings. The van der Waals surface area contributed by atoms with Gasteiger partial charge in [-0.1, -0.05) is 26.0 Å². The lowest BCUT2D eigenvalue weighted by Gasteiger charge is -2.12. The Balaban J connectivity index is 2.05. The van der Waals surface area contributed by atoms with Crippen LogP contribution in [0.3, 0.4) is 0 Å². The number of carbonyl (C=O) groups excluding carboxylic acids is 3. The average Bonchev–Trinajstić information content (AvgIpc) is 2.96. The van der Waals surface area contributed by atoms with Gasteiger partial charge in [0.05, 0.1) is 0 Å². The number of benzene rings is 1. The van der Waals surface area contributed by atoms with Crippen LogP contribution in [0.1, 0.15) is 52.4 Å². The Hall–Kier alpha value is -3.09. The average molecular weight is 400 g/mol. The minimum Gasteiger partial charge on any atom is -0.483 e. The van der Waals surface area contributed by atoms with Crippen LogP contribution in [0.25, 0.3) is 0 Å². The molecule has 7 heteroatoms. The van der Waals surface area contributed by atoms with Gasteiger partial charge in [0.1, 0.15) is 11.3 Å². The Morgan fingerprint density at radius 2 is 1.76 bits per heavy atom. The van der Waals surface area contributed by atoms with Crippen molar-refractivity contribution in [3.05, 3.63) is 52.8 Å². The number of Topliss-reactive ketones (excluding diaryl/α,β-unsaturated/α-hetero) is 1. The van der Waals surface area contributed by atoms with Gasteiger partial charge >= 0.3 is 5.97 Å². The Kier molecular flexibility index (Phi) is 7.59. The molecule has 0 unspecified atom stereocenters. The first-order chi connectivity index (χ1) is 13.7. The standard InChI is InChI=1S/C22H28N2O5/c1-14(2)9-10-24-15(3)11-18(16(24)4)19(25)12-29-22(27)17-7-5-6-8-20(17)28-13-21(23)26/h5-8,11,14H,9-10,12-13H2,1-4H3,(H2,23,26). The molecule has 29 heavy (non-hydrogen) atoms. The highest BCUT2D eigenvalue weighted by atomic mass is 16.5. The summed E-state index contributed by atoms with van der Waals surface area (Å²) < 4.78 is 12.5. The Morgan fingerprint density at radius 1 is 1.07 bits per heavy atom. The number of rotatable bonds is 10. The zero-order valence-electron chi connectivity index (χ0n) is 17.4. The number of amides is 1. The van der Waals surface area contributed by atoms with E-state index >= 15 is 0 Å². The van der Waals surface area contributed by atoms with Crippen LogP contribution in [0.5, 0.6) is 5.75 Å². The molecule has 0 radical (unpaired) electrons. The van der Waals surface area contributed by atoms with Gasteiger partial charge in [-0.3, -0.25) is 9.59 Å². The van der Waals surface area contributed by atoms with Crippen molar-refractivity contribution >= 4 is 17.7 Å². The van der Waals surface area contributed by atoms with Crippen molar-refractivity contribution in [2.75, 3.05) is 13.2 Å². The van der Waals surface area contributed by atoms with Gasteiger partial charge < -0.3 is 19.8 Å². The first-order valence-corrected chi connectivity index (χ1v) is 9.57. The molecule has 1 heterocycles. The van der Waals surface area contributed by atoms with E-state index in [0.29, 0.717) is 11.5 Å².